The highest BCUT2D eigenvalue weighted by Crippen LogP contribution is 2.33. The van der Waals surface area contributed by atoms with Crippen molar-refractivity contribution in [1.29, 1.82) is 0 Å². The van der Waals surface area contributed by atoms with E-state index in [0.717, 1.165) is 0 Å². The minimum Gasteiger partial charge on any atom is -0.493 e. The quantitative estimate of drug-likeness (QED) is 0.583. The zero-order chi connectivity index (χ0) is 20.8. The minimum absolute atomic E-state index is 0.00551. The molecular formula is C22H17F2NO4. The van der Waals surface area contributed by atoms with E-state index in [-0.39, 0.29) is 22.8 Å². The van der Waals surface area contributed by atoms with Gasteiger partial charge in [0.05, 0.1) is 12.7 Å². The Bertz CT molecular complexity index is 1020. The van der Waals surface area contributed by atoms with Gasteiger partial charge in [-0.25, -0.2) is 0 Å². The van der Waals surface area contributed by atoms with E-state index in [1.54, 1.807) is 48.5 Å². The van der Waals surface area contributed by atoms with Crippen LogP contribution in [0.2, 0.25) is 0 Å². The summed E-state index contributed by atoms with van der Waals surface area (Å²) in [5, 5.41) is 2.60. The van der Waals surface area contributed by atoms with Gasteiger partial charge in [0.25, 0.3) is 5.91 Å². The molecule has 148 valence electrons. The van der Waals surface area contributed by atoms with Crippen LogP contribution in [0.25, 0.3) is 0 Å². The van der Waals surface area contributed by atoms with Crippen LogP contribution in [0.15, 0.2) is 72.8 Å². The summed E-state index contributed by atoms with van der Waals surface area (Å²) in [5.74, 6) is -1.24. The van der Waals surface area contributed by atoms with E-state index >= 15 is 0 Å². The topological polar surface area (TPSA) is 64.6 Å². The van der Waals surface area contributed by atoms with Crippen LogP contribution in [-0.4, -0.2) is 25.4 Å². The summed E-state index contributed by atoms with van der Waals surface area (Å²) in [6.45, 7) is -3.12. The van der Waals surface area contributed by atoms with E-state index in [9.17, 15) is 18.4 Å². The third-order valence-electron chi connectivity index (χ3n) is 4.07. The number of rotatable bonds is 7. The monoisotopic (exact) mass is 397 g/mol. The molecule has 0 fully saturated rings. The Labute approximate surface area is 165 Å². The average molecular weight is 397 g/mol. The van der Waals surface area contributed by atoms with Gasteiger partial charge in [-0.3, -0.25) is 9.59 Å². The number of carbonyl (C=O) groups is 2. The molecule has 0 aromatic heterocycles. The first-order chi connectivity index (χ1) is 14.0. The van der Waals surface area contributed by atoms with Crippen LogP contribution in [0.5, 0.6) is 11.5 Å². The molecule has 0 atom stereocenters. The van der Waals surface area contributed by atoms with Gasteiger partial charge >= 0.3 is 6.61 Å². The van der Waals surface area contributed by atoms with Gasteiger partial charge in [-0.15, -0.1) is 0 Å². The maximum absolute atomic E-state index is 12.8. The van der Waals surface area contributed by atoms with Crippen molar-refractivity contribution in [3.63, 3.8) is 0 Å². The smallest absolute Gasteiger partial charge is 0.387 e. The lowest BCUT2D eigenvalue weighted by Gasteiger charge is -2.14. The molecular weight excluding hydrogens is 380 g/mol. The number of hydrogen-bond donors (Lipinski definition) is 1. The Kier molecular flexibility index (Phi) is 6.19. The molecule has 29 heavy (non-hydrogen) atoms. The number of methoxy groups -OCH3 is 1. The first-order valence-electron chi connectivity index (χ1n) is 8.62. The number of ether oxygens (including phenoxy) is 2. The van der Waals surface area contributed by atoms with Crippen LogP contribution in [-0.2, 0) is 0 Å². The first kappa shape index (κ1) is 20.0. The molecule has 0 radical (unpaired) electrons. The predicted molar refractivity (Wildman–Crippen MR) is 104 cm³/mol. The van der Waals surface area contributed by atoms with Gasteiger partial charge in [-0.2, -0.15) is 8.78 Å². The third-order valence-corrected chi connectivity index (χ3v) is 4.07. The summed E-state index contributed by atoms with van der Waals surface area (Å²) < 4.78 is 35.0. The maximum atomic E-state index is 12.8. The van der Waals surface area contributed by atoms with Gasteiger partial charge < -0.3 is 14.8 Å². The van der Waals surface area contributed by atoms with Crippen molar-refractivity contribution in [2.24, 2.45) is 0 Å². The predicted octanol–water partition coefficient (Wildman–Crippen LogP) is 4.78. The highest BCUT2D eigenvalue weighted by Gasteiger charge is 2.20. The fraction of sp³-hybridized carbons (Fsp3) is 0.0909. The summed E-state index contributed by atoms with van der Waals surface area (Å²) in [4.78, 5) is 25.2. The summed E-state index contributed by atoms with van der Waals surface area (Å²) >= 11 is 0. The maximum Gasteiger partial charge on any atom is 0.387 e. The highest BCUT2D eigenvalue weighted by atomic mass is 19.3. The molecule has 0 unspecified atom stereocenters. The molecule has 1 amide bonds. The molecule has 0 aliphatic heterocycles. The van der Waals surface area contributed by atoms with E-state index in [1.165, 1.54) is 31.4 Å². The molecule has 7 heteroatoms. The molecule has 3 aromatic carbocycles. The second-order valence-corrected chi connectivity index (χ2v) is 5.95. The summed E-state index contributed by atoms with van der Waals surface area (Å²) in [6, 6.07) is 19.3. The van der Waals surface area contributed by atoms with Crippen molar-refractivity contribution in [2.45, 2.75) is 6.61 Å². The van der Waals surface area contributed by atoms with Gasteiger partial charge in [0.2, 0.25) is 0 Å². The number of anilines is 1. The molecule has 5 nitrogen and oxygen atoms in total. The molecule has 0 saturated heterocycles. The second-order valence-electron chi connectivity index (χ2n) is 5.95. The van der Waals surface area contributed by atoms with Gasteiger partial charge in [-0.1, -0.05) is 48.5 Å². The number of halogens is 2. The SMILES string of the molecule is COc1cccc(C(=O)Nc2cccc(C(=O)c3ccccc3)c2)c1OC(F)F. The van der Waals surface area contributed by atoms with E-state index in [2.05, 4.69) is 10.1 Å². The molecule has 0 spiro atoms. The van der Waals surface area contributed by atoms with Crippen LogP contribution < -0.4 is 14.8 Å². The lowest BCUT2D eigenvalue weighted by molar-refractivity contribution is -0.0515. The molecule has 3 rings (SSSR count). The number of alkyl halides is 2. The van der Waals surface area contributed by atoms with Gasteiger partial charge in [0.15, 0.2) is 17.3 Å². The van der Waals surface area contributed by atoms with Crippen molar-refractivity contribution in [1.82, 2.24) is 0 Å². The van der Waals surface area contributed by atoms with E-state index in [0.29, 0.717) is 16.8 Å². The van der Waals surface area contributed by atoms with E-state index in [1.807, 2.05) is 0 Å². The number of carbonyl (C=O) groups excluding carboxylic acids is 2. The lowest BCUT2D eigenvalue weighted by atomic mass is 10.0. The lowest BCUT2D eigenvalue weighted by Crippen LogP contribution is -2.16. The normalized spacial score (nSPS) is 10.5. The van der Waals surface area contributed by atoms with Crippen molar-refractivity contribution in [3.05, 3.63) is 89.5 Å². The standard InChI is InChI=1S/C22H17F2NO4/c1-28-18-12-6-11-17(20(18)29-22(23)24)21(27)25-16-10-5-9-15(13-16)19(26)14-7-3-2-4-8-14/h2-13,22H,1H3,(H,25,27). The molecule has 0 saturated carbocycles. The Balaban J connectivity index is 1.86. The van der Waals surface area contributed by atoms with Gasteiger partial charge in [-0.05, 0) is 24.3 Å². The Morgan fingerprint density at radius 2 is 1.59 bits per heavy atom. The number of benzene rings is 3. The molecule has 0 heterocycles. The molecule has 0 aliphatic carbocycles. The summed E-state index contributed by atoms with van der Waals surface area (Å²) in [6.07, 6.45) is 0. The molecule has 0 bridgehead atoms. The van der Waals surface area contributed by atoms with Crippen molar-refractivity contribution in [3.8, 4) is 11.5 Å². The zero-order valence-corrected chi connectivity index (χ0v) is 15.4. The second kappa shape index (κ2) is 8.97. The molecule has 3 aromatic rings. The van der Waals surface area contributed by atoms with Crippen LogP contribution >= 0.6 is 0 Å². The van der Waals surface area contributed by atoms with Gasteiger partial charge in [0, 0.05) is 16.8 Å². The third kappa shape index (κ3) is 4.76. The largest absolute Gasteiger partial charge is 0.493 e. The highest BCUT2D eigenvalue weighted by molar-refractivity contribution is 6.11. The van der Waals surface area contributed by atoms with Crippen LogP contribution in [0.1, 0.15) is 26.3 Å². The number of ketones is 1. The van der Waals surface area contributed by atoms with E-state index in [4.69, 9.17) is 4.74 Å². The van der Waals surface area contributed by atoms with Crippen LogP contribution in [0, 0.1) is 0 Å². The average Bonchev–Trinajstić information content (AvgIpc) is 2.73. The van der Waals surface area contributed by atoms with E-state index < -0.39 is 12.5 Å². The molecule has 1 N–H and O–H groups in total. The summed E-state index contributed by atoms with van der Waals surface area (Å²) in [5.41, 5.74) is 1.10. The Hall–Kier alpha value is -3.74. The number of amides is 1. The fourth-order valence-electron chi connectivity index (χ4n) is 2.76. The van der Waals surface area contributed by atoms with Crippen molar-refractivity contribution < 1.29 is 27.8 Å². The summed E-state index contributed by atoms with van der Waals surface area (Å²) in [7, 11) is 1.29. The minimum atomic E-state index is -3.12. The zero-order valence-electron chi connectivity index (χ0n) is 15.4. The fourth-order valence-corrected chi connectivity index (χ4v) is 2.76. The van der Waals surface area contributed by atoms with Crippen molar-refractivity contribution in [2.75, 3.05) is 12.4 Å². The van der Waals surface area contributed by atoms with Crippen LogP contribution in [0.4, 0.5) is 14.5 Å². The number of para-hydroxylation sites is 1. The number of nitrogens with one attached hydrogen (secondary N) is 1. The number of hydrogen-bond acceptors (Lipinski definition) is 4. The first-order valence-corrected chi connectivity index (χ1v) is 8.62. The van der Waals surface area contributed by atoms with Gasteiger partial charge in [0.1, 0.15) is 0 Å². The molecule has 0 aliphatic rings. The Morgan fingerprint density at radius 3 is 2.28 bits per heavy atom. The van der Waals surface area contributed by atoms with Crippen LogP contribution in [0.3, 0.4) is 0 Å². The van der Waals surface area contributed by atoms with Crippen molar-refractivity contribution >= 4 is 17.4 Å². The Morgan fingerprint density at radius 1 is 0.897 bits per heavy atom.